The van der Waals surface area contributed by atoms with E-state index in [0.29, 0.717) is 11.0 Å². The number of carboxylic acids is 1. The third-order valence-corrected chi connectivity index (χ3v) is 2.93. The minimum atomic E-state index is -0.945. The van der Waals surface area contributed by atoms with Crippen molar-refractivity contribution >= 4 is 32.9 Å². The molecule has 0 radical (unpaired) electrons. The summed E-state index contributed by atoms with van der Waals surface area (Å²) >= 11 is 3.31. The molecule has 0 saturated carbocycles. The van der Waals surface area contributed by atoms with Crippen molar-refractivity contribution in [3.05, 3.63) is 28.0 Å². The van der Waals surface area contributed by atoms with Crippen LogP contribution < -0.4 is 0 Å². The number of halogens is 1. The number of aromatic nitrogens is 2. The summed E-state index contributed by atoms with van der Waals surface area (Å²) in [5.74, 6) is -0.945. The first-order chi connectivity index (χ1) is 6.61. The molecule has 0 atom stereocenters. The lowest BCUT2D eigenvalue weighted by molar-refractivity contribution is 0.0699. The smallest absolute Gasteiger partial charge is 0.337 e. The number of aromatic amines is 1. The molecule has 0 unspecified atom stereocenters. The van der Waals surface area contributed by atoms with E-state index in [1.807, 2.05) is 6.92 Å². The Morgan fingerprint density at radius 2 is 2.36 bits per heavy atom. The van der Waals surface area contributed by atoms with Crippen molar-refractivity contribution in [2.75, 3.05) is 0 Å². The van der Waals surface area contributed by atoms with Crippen molar-refractivity contribution in [2.45, 2.75) is 6.92 Å². The van der Waals surface area contributed by atoms with E-state index in [0.717, 1.165) is 10.0 Å². The molecule has 14 heavy (non-hydrogen) atoms. The molecule has 0 bridgehead atoms. The highest BCUT2D eigenvalue weighted by Gasteiger charge is 2.14. The summed E-state index contributed by atoms with van der Waals surface area (Å²) in [7, 11) is 0. The van der Waals surface area contributed by atoms with E-state index in [2.05, 4.69) is 25.9 Å². The third-order valence-electron chi connectivity index (χ3n) is 2.13. The van der Waals surface area contributed by atoms with Gasteiger partial charge in [0.2, 0.25) is 0 Å². The molecule has 0 amide bonds. The van der Waals surface area contributed by atoms with E-state index >= 15 is 0 Å². The van der Waals surface area contributed by atoms with Crippen molar-refractivity contribution < 1.29 is 9.90 Å². The summed E-state index contributed by atoms with van der Waals surface area (Å²) < 4.78 is 0.812. The molecule has 0 saturated heterocycles. The number of carbonyl (C=O) groups is 1. The third kappa shape index (κ3) is 1.21. The molecule has 2 N–H and O–H groups in total. The number of carboxylic acid groups (broad SMARTS) is 1. The van der Waals surface area contributed by atoms with Crippen LogP contribution in [0.3, 0.4) is 0 Å². The van der Waals surface area contributed by atoms with Gasteiger partial charge in [-0.25, -0.2) is 9.78 Å². The number of nitrogens with one attached hydrogen (secondary N) is 1. The first kappa shape index (κ1) is 9.21. The van der Waals surface area contributed by atoms with Crippen LogP contribution in [-0.4, -0.2) is 21.0 Å². The molecule has 0 aliphatic carbocycles. The van der Waals surface area contributed by atoms with Gasteiger partial charge in [0.15, 0.2) is 0 Å². The number of aryl methyl sites for hydroxylation is 1. The number of hydrogen-bond donors (Lipinski definition) is 2. The average Bonchev–Trinajstić information content (AvgIpc) is 2.55. The maximum atomic E-state index is 10.9. The van der Waals surface area contributed by atoms with E-state index in [1.165, 1.54) is 6.20 Å². The minimum absolute atomic E-state index is 0.256. The zero-order chi connectivity index (χ0) is 10.3. The van der Waals surface area contributed by atoms with E-state index in [4.69, 9.17) is 5.11 Å². The molecule has 0 spiro atoms. The van der Waals surface area contributed by atoms with E-state index in [9.17, 15) is 4.79 Å². The van der Waals surface area contributed by atoms with E-state index in [1.54, 1.807) is 6.20 Å². The van der Waals surface area contributed by atoms with Crippen LogP contribution in [0.25, 0.3) is 11.0 Å². The summed E-state index contributed by atoms with van der Waals surface area (Å²) in [6.45, 7) is 1.86. The van der Waals surface area contributed by atoms with Crippen LogP contribution in [0.5, 0.6) is 0 Å². The summed E-state index contributed by atoms with van der Waals surface area (Å²) in [5, 5.41) is 9.58. The van der Waals surface area contributed by atoms with Gasteiger partial charge in [-0.3, -0.25) is 0 Å². The van der Waals surface area contributed by atoms with E-state index < -0.39 is 5.97 Å². The molecule has 2 heterocycles. The molecule has 0 aromatic carbocycles. The lowest BCUT2D eigenvalue weighted by Gasteiger charge is -1.99. The Morgan fingerprint density at radius 3 is 3.00 bits per heavy atom. The van der Waals surface area contributed by atoms with Crippen LogP contribution in [-0.2, 0) is 0 Å². The zero-order valence-corrected chi connectivity index (χ0v) is 8.92. The second-order valence-corrected chi connectivity index (χ2v) is 3.82. The monoisotopic (exact) mass is 254 g/mol. The van der Waals surface area contributed by atoms with Crippen molar-refractivity contribution in [3.63, 3.8) is 0 Å². The van der Waals surface area contributed by atoms with Gasteiger partial charge in [-0.15, -0.1) is 0 Å². The van der Waals surface area contributed by atoms with Gasteiger partial charge in [0, 0.05) is 22.3 Å². The lowest BCUT2D eigenvalue weighted by atomic mass is 10.1. The zero-order valence-electron chi connectivity index (χ0n) is 7.34. The van der Waals surface area contributed by atoms with Crippen LogP contribution in [0.1, 0.15) is 15.9 Å². The molecule has 0 fully saturated rings. The first-order valence-corrected chi connectivity index (χ1v) is 4.76. The highest BCUT2D eigenvalue weighted by Crippen LogP contribution is 2.26. The molecular weight excluding hydrogens is 248 g/mol. The van der Waals surface area contributed by atoms with Crippen molar-refractivity contribution in [2.24, 2.45) is 0 Å². The highest BCUT2D eigenvalue weighted by molar-refractivity contribution is 9.10. The number of rotatable bonds is 1. The Balaban J connectivity index is 2.89. The molecule has 5 heteroatoms. The van der Waals surface area contributed by atoms with Crippen molar-refractivity contribution in [1.29, 1.82) is 0 Å². The predicted octanol–water partition coefficient (Wildman–Crippen LogP) is 2.33. The largest absolute Gasteiger partial charge is 0.478 e. The molecule has 72 valence electrons. The van der Waals surface area contributed by atoms with Gasteiger partial charge in [0.1, 0.15) is 5.65 Å². The number of hydrogen-bond acceptors (Lipinski definition) is 2. The molecule has 0 aliphatic rings. The normalized spacial score (nSPS) is 10.7. The molecule has 0 aliphatic heterocycles. The quantitative estimate of drug-likeness (QED) is 0.821. The summed E-state index contributed by atoms with van der Waals surface area (Å²) in [4.78, 5) is 17.8. The second kappa shape index (κ2) is 3.09. The summed E-state index contributed by atoms with van der Waals surface area (Å²) in [6.07, 6.45) is 3.11. The standard InChI is InChI=1S/C9H7BrN2O2/c1-4-6(10)3-12-8-7(4)5(2-11-8)9(13)14/h2-3H,1H3,(H,11,12)(H,13,14). The Hall–Kier alpha value is -1.36. The molecule has 2 aromatic heterocycles. The fourth-order valence-corrected chi connectivity index (χ4v) is 1.70. The van der Waals surface area contributed by atoms with Gasteiger partial charge in [-0.1, -0.05) is 0 Å². The van der Waals surface area contributed by atoms with Gasteiger partial charge in [-0.2, -0.15) is 0 Å². The van der Waals surface area contributed by atoms with E-state index in [-0.39, 0.29) is 5.56 Å². The topological polar surface area (TPSA) is 66.0 Å². The highest BCUT2D eigenvalue weighted by atomic mass is 79.9. The van der Waals surface area contributed by atoms with Gasteiger partial charge in [0.25, 0.3) is 0 Å². The molecular formula is C9H7BrN2O2. The van der Waals surface area contributed by atoms with Gasteiger partial charge < -0.3 is 10.1 Å². The number of pyridine rings is 1. The Labute approximate surface area is 88.1 Å². The van der Waals surface area contributed by atoms with Gasteiger partial charge in [0.05, 0.1) is 5.56 Å². The Morgan fingerprint density at radius 1 is 1.64 bits per heavy atom. The average molecular weight is 255 g/mol. The fraction of sp³-hybridized carbons (Fsp3) is 0.111. The van der Waals surface area contributed by atoms with Gasteiger partial charge >= 0.3 is 5.97 Å². The number of aromatic carboxylic acids is 1. The molecule has 2 rings (SSSR count). The van der Waals surface area contributed by atoms with Crippen LogP contribution in [0.4, 0.5) is 0 Å². The molecule has 2 aromatic rings. The number of nitrogens with zero attached hydrogens (tertiary/aromatic N) is 1. The van der Waals surface area contributed by atoms with Crippen LogP contribution >= 0.6 is 15.9 Å². The Bertz CT molecular complexity index is 519. The van der Waals surface area contributed by atoms with Crippen LogP contribution in [0.15, 0.2) is 16.9 Å². The van der Waals surface area contributed by atoms with Crippen LogP contribution in [0.2, 0.25) is 0 Å². The summed E-state index contributed by atoms with van der Waals surface area (Å²) in [5.41, 5.74) is 1.74. The van der Waals surface area contributed by atoms with Crippen molar-refractivity contribution in [3.8, 4) is 0 Å². The SMILES string of the molecule is Cc1c(Br)cnc2[nH]cc(C(=O)O)c12. The maximum Gasteiger partial charge on any atom is 0.337 e. The Kier molecular flexibility index (Phi) is 2.03. The number of H-pyrrole nitrogens is 1. The predicted molar refractivity (Wildman–Crippen MR) is 55.5 cm³/mol. The van der Waals surface area contributed by atoms with Crippen LogP contribution in [0, 0.1) is 6.92 Å². The maximum absolute atomic E-state index is 10.9. The fourth-order valence-electron chi connectivity index (χ4n) is 1.40. The number of fused-ring (bicyclic) bond motifs is 1. The minimum Gasteiger partial charge on any atom is -0.478 e. The summed E-state index contributed by atoms with van der Waals surface area (Å²) in [6, 6.07) is 0. The van der Waals surface area contributed by atoms with Crippen molar-refractivity contribution in [1.82, 2.24) is 9.97 Å². The second-order valence-electron chi connectivity index (χ2n) is 2.96. The molecule has 4 nitrogen and oxygen atoms in total. The lowest BCUT2D eigenvalue weighted by Crippen LogP contribution is -1.95. The van der Waals surface area contributed by atoms with Gasteiger partial charge in [-0.05, 0) is 28.4 Å². The first-order valence-electron chi connectivity index (χ1n) is 3.96.